The third-order valence-corrected chi connectivity index (χ3v) is 2.71. The topological polar surface area (TPSA) is 4.93 Å². The smallest absolute Gasteiger partial charge is 0.0515 e. The molecule has 2 rings (SSSR count). The van der Waals surface area contributed by atoms with Gasteiger partial charge in [-0.1, -0.05) is 39.0 Å². The van der Waals surface area contributed by atoms with Crippen molar-refractivity contribution < 1.29 is 0 Å². The van der Waals surface area contributed by atoms with Crippen molar-refractivity contribution in [2.24, 2.45) is 7.05 Å². The first-order valence-electron chi connectivity index (χ1n) is 5.05. The Morgan fingerprint density at radius 3 is 2.43 bits per heavy atom. The maximum Gasteiger partial charge on any atom is 0.0515 e. The van der Waals surface area contributed by atoms with E-state index in [0.717, 1.165) is 0 Å². The van der Waals surface area contributed by atoms with E-state index in [1.165, 1.54) is 16.5 Å². The second-order valence-electron chi connectivity index (χ2n) is 4.92. The van der Waals surface area contributed by atoms with E-state index in [9.17, 15) is 0 Å². The van der Waals surface area contributed by atoms with Crippen LogP contribution in [0.4, 0.5) is 0 Å². The molecule has 0 aliphatic carbocycles. The van der Waals surface area contributed by atoms with Crippen LogP contribution < -0.4 is 0 Å². The highest BCUT2D eigenvalue weighted by molar-refractivity contribution is 5.84. The third kappa shape index (κ3) is 1.33. The van der Waals surface area contributed by atoms with E-state index in [1.54, 1.807) is 0 Å². The minimum atomic E-state index is 0.214. The Bertz CT molecular complexity index is 458. The molecule has 0 fully saturated rings. The number of hydrogen-bond acceptors (Lipinski definition) is 0. The maximum absolute atomic E-state index is 2.26. The van der Waals surface area contributed by atoms with E-state index in [2.05, 4.69) is 62.8 Å². The molecule has 0 amide bonds. The predicted octanol–water partition coefficient (Wildman–Crippen LogP) is 3.48. The van der Waals surface area contributed by atoms with Gasteiger partial charge in [-0.15, -0.1) is 0 Å². The molecular weight excluding hydrogens is 170 g/mol. The Kier molecular flexibility index (Phi) is 1.91. The van der Waals surface area contributed by atoms with E-state index in [4.69, 9.17) is 0 Å². The number of hydrogen-bond donors (Lipinski definition) is 0. The van der Waals surface area contributed by atoms with Crippen molar-refractivity contribution in [3.63, 3.8) is 0 Å². The van der Waals surface area contributed by atoms with Crippen molar-refractivity contribution in [2.75, 3.05) is 0 Å². The van der Waals surface area contributed by atoms with Crippen LogP contribution >= 0.6 is 0 Å². The summed E-state index contributed by atoms with van der Waals surface area (Å²) < 4.78 is 2.20. The van der Waals surface area contributed by atoms with Gasteiger partial charge >= 0.3 is 0 Å². The van der Waals surface area contributed by atoms with Crippen LogP contribution in [0.25, 0.3) is 10.9 Å². The van der Waals surface area contributed by atoms with Crippen LogP contribution in [0.5, 0.6) is 0 Å². The summed E-state index contributed by atoms with van der Waals surface area (Å²) in [6, 6.07) is 8.71. The van der Waals surface area contributed by atoms with E-state index < -0.39 is 0 Å². The summed E-state index contributed by atoms with van der Waals surface area (Å²) in [5, 5.41) is 1.33. The second-order valence-corrected chi connectivity index (χ2v) is 4.92. The van der Waals surface area contributed by atoms with Gasteiger partial charge in [0.1, 0.15) is 0 Å². The molecule has 2 aromatic rings. The lowest BCUT2D eigenvalue weighted by molar-refractivity contribution is 0.592. The average molecular weight is 187 g/mol. The molecule has 0 aliphatic rings. The summed E-state index contributed by atoms with van der Waals surface area (Å²) in [5.41, 5.74) is 2.99. The number of para-hydroxylation sites is 1. The largest absolute Gasteiger partial charge is 0.350 e. The predicted molar refractivity (Wildman–Crippen MR) is 61.6 cm³/mol. The Labute approximate surface area is 85.4 Å². The molecule has 0 aliphatic heterocycles. The van der Waals surface area contributed by atoms with Crippen molar-refractivity contribution in [3.05, 3.63) is 36.0 Å². The number of aromatic nitrogens is 1. The highest BCUT2D eigenvalue weighted by atomic mass is 14.9. The number of rotatable bonds is 0. The van der Waals surface area contributed by atoms with Crippen molar-refractivity contribution in [1.29, 1.82) is 0 Å². The lowest BCUT2D eigenvalue weighted by atomic mass is 9.86. The molecule has 1 aromatic heterocycles. The molecule has 0 N–H and O–H groups in total. The van der Waals surface area contributed by atoms with Gasteiger partial charge in [-0.3, -0.25) is 0 Å². The van der Waals surface area contributed by atoms with E-state index in [-0.39, 0.29) is 5.41 Å². The monoisotopic (exact) mass is 187 g/mol. The summed E-state index contributed by atoms with van der Waals surface area (Å²) in [4.78, 5) is 0. The molecule has 0 bridgehead atoms. The normalized spacial score (nSPS) is 12.3. The molecule has 1 heterocycles. The molecule has 1 nitrogen and oxygen atoms in total. The fourth-order valence-corrected chi connectivity index (χ4v) is 1.96. The lowest BCUT2D eigenvalue weighted by Crippen LogP contribution is -2.12. The number of aryl methyl sites for hydroxylation is 1. The summed E-state index contributed by atoms with van der Waals surface area (Å²) >= 11 is 0. The first kappa shape index (κ1) is 9.32. The van der Waals surface area contributed by atoms with Crippen LogP contribution in [-0.2, 0) is 12.5 Å². The van der Waals surface area contributed by atoms with Crippen LogP contribution in [0.1, 0.15) is 26.3 Å². The molecule has 0 spiro atoms. The summed E-state index contributed by atoms with van der Waals surface area (Å²) in [7, 11) is 2.11. The van der Waals surface area contributed by atoms with Crippen molar-refractivity contribution >= 4 is 10.9 Å². The first-order chi connectivity index (χ1) is 6.50. The van der Waals surface area contributed by atoms with Crippen LogP contribution in [0.2, 0.25) is 0 Å². The Morgan fingerprint density at radius 2 is 1.79 bits per heavy atom. The highest BCUT2D eigenvalue weighted by Gasteiger charge is 2.17. The van der Waals surface area contributed by atoms with Crippen molar-refractivity contribution in [2.45, 2.75) is 26.2 Å². The summed E-state index contributed by atoms with van der Waals surface area (Å²) in [6.45, 7) is 6.78. The minimum Gasteiger partial charge on any atom is -0.350 e. The third-order valence-electron chi connectivity index (χ3n) is 2.71. The van der Waals surface area contributed by atoms with Gasteiger partial charge in [0.15, 0.2) is 0 Å². The van der Waals surface area contributed by atoms with Crippen LogP contribution in [0.15, 0.2) is 30.5 Å². The van der Waals surface area contributed by atoms with Gasteiger partial charge in [0.2, 0.25) is 0 Å². The van der Waals surface area contributed by atoms with Gasteiger partial charge in [-0.25, -0.2) is 0 Å². The van der Waals surface area contributed by atoms with Gasteiger partial charge in [0.05, 0.1) is 5.52 Å². The molecule has 1 aromatic carbocycles. The van der Waals surface area contributed by atoms with Gasteiger partial charge in [-0.2, -0.15) is 0 Å². The second kappa shape index (κ2) is 2.88. The van der Waals surface area contributed by atoms with Gasteiger partial charge < -0.3 is 4.57 Å². The standard InChI is InChI=1S/C13H17N/c1-13(2,3)11-7-5-6-10-8-9-14(4)12(10)11/h5-9H,1-4H3. The van der Waals surface area contributed by atoms with E-state index in [0.29, 0.717) is 0 Å². The quantitative estimate of drug-likeness (QED) is 0.595. The molecule has 1 heteroatoms. The number of nitrogens with zero attached hydrogens (tertiary/aromatic N) is 1. The molecule has 74 valence electrons. The molecule has 0 saturated carbocycles. The Hall–Kier alpha value is -1.24. The van der Waals surface area contributed by atoms with Gasteiger partial charge in [-0.05, 0) is 22.4 Å². The molecule has 0 saturated heterocycles. The van der Waals surface area contributed by atoms with Crippen LogP contribution in [0, 0.1) is 0 Å². The average Bonchev–Trinajstić information content (AvgIpc) is 2.46. The molecule has 14 heavy (non-hydrogen) atoms. The minimum absolute atomic E-state index is 0.214. The zero-order valence-electron chi connectivity index (χ0n) is 9.33. The van der Waals surface area contributed by atoms with Crippen molar-refractivity contribution in [3.8, 4) is 0 Å². The number of fused-ring (bicyclic) bond motifs is 1. The van der Waals surface area contributed by atoms with Gasteiger partial charge in [0.25, 0.3) is 0 Å². The molecule has 0 atom stereocenters. The lowest BCUT2D eigenvalue weighted by Gasteiger charge is -2.20. The molecule has 0 radical (unpaired) electrons. The van der Waals surface area contributed by atoms with Crippen LogP contribution in [-0.4, -0.2) is 4.57 Å². The number of benzene rings is 1. The zero-order chi connectivity index (χ0) is 10.3. The SMILES string of the molecule is Cn1ccc2cccc(C(C)(C)C)c21. The fourth-order valence-electron chi connectivity index (χ4n) is 1.96. The van der Waals surface area contributed by atoms with E-state index >= 15 is 0 Å². The molecule has 0 unspecified atom stereocenters. The molecular formula is C13H17N. The Balaban J connectivity index is 2.82. The summed E-state index contributed by atoms with van der Waals surface area (Å²) in [6.07, 6.45) is 2.12. The first-order valence-corrected chi connectivity index (χ1v) is 5.05. The summed E-state index contributed by atoms with van der Waals surface area (Å²) in [5.74, 6) is 0. The Morgan fingerprint density at radius 1 is 1.07 bits per heavy atom. The fraction of sp³-hybridized carbons (Fsp3) is 0.385. The van der Waals surface area contributed by atoms with E-state index in [1.807, 2.05) is 0 Å². The zero-order valence-corrected chi connectivity index (χ0v) is 9.33. The van der Waals surface area contributed by atoms with Gasteiger partial charge in [0, 0.05) is 13.2 Å². The highest BCUT2D eigenvalue weighted by Crippen LogP contribution is 2.29. The van der Waals surface area contributed by atoms with Crippen LogP contribution in [0.3, 0.4) is 0 Å². The van der Waals surface area contributed by atoms with Crippen molar-refractivity contribution in [1.82, 2.24) is 4.57 Å². The maximum atomic E-state index is 2.26.